The molecule has 0 saturated carbocycles. The standard InChI is InChI=1S/C14H20N4O3/c1-15-6-3-7-17(2)12-8-10-4-5-14(19)16-11(10)9-13(12)18(20)21/h8-9,15H,3-7H2,1-2H3,(H,16,19). The van der Waals surface area contributed by atoms with Crippen LogP contribution >= 0.6 is 0 Å². The number of amides is 1. The quantitative estimate of drug-likeness (QED) is 0.471. The minimum Gasteiger partial charge on any atom is -0.369 e. The number of benzene rings is 1. The summed E-state index contributed by atoms with van der Waals surface area (Å²) >= 11 is 0. The van der Waals surface area contributed by atoms with E-state index in [1.807, 2.05) is 25.1 Å². The number of nitro groups is 1. The summed E-state index contributed by atoms with van der Waals surface area (Å²) in [6.45, 7) is 1.59. The Morgan fingerprint density at radius 2 is 2.19 bits per heavy atom. The maximum atomic E-state index is 11.4. The van der Waals surface area contributed by atoms with Gasteiger partial charge in [0, 0.05) is 26.1 Å². The van der Waals surface area contributed by atoms with Crippen LogP contribution in [0.4, 0.5) is 17.1 Å². The molecule has 0 radical (unpaired) electrons. The predicted molar refractivity (Wildman–Crippen MR) is 81.9 cm³/mol. The second-order valence-electron chi connectivity index (χ2n) is 5.18. The first-order chi connectivity index (χ1) is 10.0. The van der Waals surface area contributed by atoms with Gasteiger partial charge in [0.2, 0.25) is 5.91 Å². The van der Waals surface area contributed by atoms with Crippen molar-refractivity contribution in [2.45, 2.75) is 19.3 Å². The van der Waals surface area contributed by atoms with Crippen molar-refractivity contribution in [1.82, 2.24) is 5.32 Å². The van der Waals surface area contributed by atoms with Gasteiger partial charge in [-0.15, -0.1) is 0 Å². The summed E-state index contributed by atoms with van der Waals surface area (Å²) in [7, 11) is 3.73. The van der Waals surface area contributed by atoms with Crippen molar-refractivity contribution >= 4 is 23.0 Å². The number of hydrogen-bond donors (Lipinski definition) is 2. The van der Waals surface area contributed by atoms with Gasteiger partial charge < -0.3 is 15.5 Å². The molecule has 2 rings (SSSR count). The highest BCUT2D eigenvalue weighted by molar-refractivity contribution is 5.95. The Labute approximate surface area is 123 Å². The van der Waals surface area contributed by atoms with Crippen LogP contribution in [0.5, 0.6) is 0 Å². The Balaban J connectivity index is 2.30. The molecule has 0 atom stereocenters. The van der Waals surface area contributed by atoms with E-state index in [9.17, 15) is 14.9 Å². The van der Waals surface area contributed by atoms with Crippen LogP contribution in [0.15, 0.2) is 12.1 Å². The molecule has 0 bridgehead atoms. The van der Waals surface area contributed by atoms with Gasteiger partial charge in [-0.3, -0.25) is 14.9 Å². The molecule has 1 heterocycles. The van der Waals surface area contributed by atoms with Crippen LogP contribution < -0.4 is 15.5 Å². The number of fused-ring (bicyclic) bond motifs is 1. The van der Waals surface area contributed by atoms with E-state index in [4.69, 9.17) is 0 Å². The van der Waals surface area contributed by atoms with Gasteiger partial charge in [0.15, 0.2) is 0 Å². The zero-order valence-corrected chi connectivity index (χ0v) is 12.3. The molecule has 1 aliphatic heterocycles. The van der Waals surface area contributed by atoms with Gasteiger partial charge >= 0.3 is 0 Å². The van der Waals surface area contributed by atoms with Crippen molar-refractivity contribution in [2.24, 2.45) is 0 Å². The monoisotopic (exact) mass is 292 g/mol. The molecule has 0 spiro atoms. The SMILES string of the molecule is CNCCCN(C)c1cc2c(cc1[N+](=O)[O-])NC(=O)CC2. The van der Waals surface area contributed by atoms with Crippen LogP contribution in [0.1, 0.15) is 18.4 Å². The molecule has 1 aromatic carbocycles. The third-order valence-electron chi connectivity index (χ3n) is 3.62. The predicted octanol–water partition coefficient (Wildman–Crippen LogP) is 1.53. The molecular formula is C14H20N4O3. The topological polar surface area (TPSA) is 87.5 Å². The molecule has 0 unspecified atom stereocenters. The molecule has 0 aromatic heterocycles. The van der Waals surface area contributed by atoms with Crippen molar-refractivity contribution in [3.63, 3.8) is 0 Å². The van der Waals surface area contributed by atoms with E-state index < -0.39 is 4.92 Å². The zero-order chi connectivity index (χ0) is 15.4. The van der Waals surface area contributed by atoms with Crippen LogP contribution in [0.25, 0.3) is 0 Å². The highest BCUT2D eigenvalue weighted by atomic mass is 16.6. The van der Waals surface area contributed by atoms with E-state index >= 15 is 0 Å². The van der Waals surface area contributed by atoms with E-state index in [0.29, 0.717) is 24.2 Å². The molecule has 0 aliphatic carbocycles. The van der Waals surface area contributed by atoms with E-state index in [1.165, 1.54) is 6.07 Å². The average Bonchev–Trinajstić information content (AvgIpc) is 2.45. The highest BCUT2D eigenvalue weighted by Crippen LogP contribution is 2.35. The largest absolute Gasteiger partial charge is 0.369 e. The molecule has 114 valence electrons. The maximum Gasteiger partial charge on any atom is 0.294 e. The number of anilines is 2. The van der Waals surface area contributed by atoms with Gasteiger partial charge in [-0.05, 0) is 38.1 Å². The van der Waals surface area contributed by atoms with E-state index in [-0.39, 0.29) is 11.6 Å². The lowest BCUT2D eigenvalue weighted by Gasteiger charge is -2.23. The first-order valence-corrected chi connectivity index (χ1v) is 7.00. The number of carbonyl (C=O) groups excluding carboxylic acids is 1. The van der Waals surface area contributed by atoms with E-state index in [2.05, 4.69) is 10.6 Å². The molecule has 1 amide bonds. The fourth-order valence-electron chi connectivity index (χ4n) is 2.47. The van der Waals surface area contributed by atoms with Crippen molar-refractivity contribution in [1.29, 1.82) is 0 Å². The number of hydrogen-bond acceptors (Lipinski definition) is 5. The lowest BCUT2D eigenvalue weighted by atomic mass is 10.0. The molecule has 2 N–H and O–H groups in total. The average molecular weight is 292 g/mol. The third kappa shape index (κ3) is 3.49. The lowest BCUT2D eigenvalue weighted by molar-refractivity contribution is -0.384. The van der Waals surface area contributed by atoms with Gasteiger partial charge in [-0.2, -0.15) is 0 Å². The Morgan fingerprint density at radius 1 is 1.43 bits per heavy atom. The molecule has 1 aliphatic rings. The number of rotatable bonds is 6. The van der Waals surface area contributed by atoms with Gasteiger partial charge in [-0.1, -0.05) is 0 Å². The Hall–Kier alpha value is -2.15. The van der Waals surface area contributed by atoms with Crippen molar-refractivity contribution in [2.75, 3.05) is 37.4 Å². The minimum absolute atomic E-state index is 0.0305. The number of nitro benzene ring substituents is 1. The molecule has 1 aromatic rings. The van der Waals surface area contributed by atoms with Gasteiger partial charge in [0.1, 0.15) is 5.69 Å². The summed E-state index contributed by atoms with van der Waals surface area (Å²) < 4.78 is 0. The van der Waals surface area contributed by atoms with Crippen LogP contribution in [0, 0.1) is 10.1 Å². The molecular weight excluding hydrogens is 272 g/mol. The molecule has 7 nitrogen and oxygen atoms in total. The second kappa shape index (κ2) is 6.53. The van der Waals surface area contributed by atoms with Crippen LogP contribution in [0.2, 0.25) is 0 Å². The number of nitrogens with zero attached hydrogens (tertiary/aromatic N) is 2. The van der Waals surface area contributed by atoms with Gasteiger partial charge in [0.05, 0.1) is 10.6 Å². The zero-order valence-electron chi connectivity index (χ0n) is 12.3. The van der Waals surface area contributed by atoms with Gasteiger partial charge in [0.25, 0.3) is 5.69 Å². The smallest absolute Gasteiger partial charge is 0.294 e. The van der Waals surface area contributed by atoms with Gasteiger partial charge in [-0.25, -0.2) is 0 Å². The van der Waals surface area contributed by atoms with E-state index in [1.54, 1.807) is 0 Å². The Morgan fingerprint density at radius 3 is 2.86 bits per heavy atom. The number of aryl methyl sites for hydroxylation is 1. The first-order valence-electron chi connectivity index (χ1n) is 7.00. The number of nitrogens with one attached hydrogen (secondary N) is 2. The summed E-state index contributed by atoms with van der Waals surface area (Å²) in [6.07, 6.45) is 1.95. The summed E-state index contributed by atoms with van der Waals surface area (Å²) in [6, 6.07) is 3.29. The molecule has 0 fully saturated rings. The minimum atomic E-state index is -0.398. The van der Waals surface area contributed by atoms with E-state index in [0.717, 1.165) is 25.1 Å². The Bertz CT molecular complexity index is 559. The van der Waals surface area contributed by atoms with Crippen molar-refractivity contribution < 1.29 is 9.72 Å². The third-order valence-corrected chi connectivity index (χ3v) is 3.62. The molecule has 0 saturated heterocycles. The van der Waals surface area contributed by atoms with Crippen LogP contribution in [-0.2, 0) is 11.2 Å². The lowest BCUT2D eigenvalue weighted by Crippen LogP contribution is -2.24. The first kappa shape index (κ1) is 15.2. The Kier molecular flexibility index (Phi) is 4.74. The normalized spacial score (nSPS) is 13.5. The van der Waals surface area contributed by atoms with Crippen LogP contribution in [-0.4, -0.2) is 38.0 Å². The summed E-state index contributed by atoms with van der Waals surface area (Å²) in [5, 5.41) is 17.0. The molecule has 21 heavy (non-hydrogen) atoms. The van der Waals surface area contributed by atoms with Crippen molar-refractivity contribution in [3.8, 4) is 0 Å². The van der Waals surface area contributed by atoms with Crippen molar-refractivity contribution in [3.05, 3.63) is 27.8 Å². The highest BCUT2D eigenvalue weighted by Gasteiger charge is 2.24. The summed E-state index contributed by atoms with van der Waals surface area (Å²) in [5.74, 6) is -0.0908. The number of carbonyl (C=O) groups is 1. The summed E-state index contributed by atoms with van der Waals surface area (Å²) in [4.78, 5) is 24.2. The fourth-order valence-corrected chi connectivity index (χ4v) is 2.47. The van der Waals surface area contributed by atoms with Crippen LogP contribution in [0.3, 0.4) is 0 Å². The molecule has 7 heteroatoms. The fraction of sp³-hybridized carbons (Fsp3) is 0.500. The maximum absolute atomic E-state index is 11.4. The summed E-state index contributed by atoms with van der Waals surface area (Å²) in [5.41, 5.74) is 2.15. The second-order valence-corrected chi connectivity index (χ2v) is 5.18.